The maximum Gasteiger partial charge on any atom is 0.184 e. The van der Waals surface area contributed by atoms with Crippen LogP contribution in [0.5, 0.6) is 0 Å². The van der Waals surface area contributed by atoms with Crippen molar-refractivity contribution in [1.82, 2.24) is 0 Å². The summed E-state index contributed by atoms with van der Waals surface area (Å²) in [5, 5.41) is 0. The molecule has 0 rings (SSSR count). The molecule has 0 aromatic rings. The molecule has 0 aliphatic heterocycles. The van der Waals surface area contributed by atoms with Crippen molar-refractivity contribution in [3.05, 3.63) is 0 Å². The van der Waals surface area contributed by atoms with Crippen molar-refractivity contribution in [2.75, 3.05) is 27.4 Å². The van der Waals surface area contributed by atoms with Gasteiger partial charge in [-0.1, -0.05) is 13.3 Å². The van der Waals surface area contributed by atoms with Crippen LogP contribution in [0.1, 0.15) is 19.8 Å². The smallest absolute Gasteiger partial charge is 0.184 e. The Hall–Kier alpha value is 0.0969. The third kappa shape index (κ3) is 6.30. The molecule has 0 bridgehead atoms. The maximum atomic E-state index is 6.24. The van der Waals surface area contributed by atoms with Crippen LogP contribution in [0.2, 0.25) is 19.6 Å². The molecule has 15 heavy (non-hydrogen) atoms. The molecule has 4 heteroatoms. The molecule has 0 radical (unpaired) electrons. The summed E-state index contributed by atoms with van der Waals surface area (Å²) >= 11 is 0. The van der Waals surface area contributed by atoms with Crippen LogP contribution in [0.25, 0.3) is 0 Å². The molecular formula is C11H26O3Si. The van der Waals surface area contributed by atoms with E-state index >= 15 is 0 Å². The van der Waals surface area contributed by atoms with Crippen LogP contribution in [0, 0.1) is 0 Å². The molecule has 0 heterocycles. The van der Waals surface area contributed by atoms with E-state index in [9.17, 15) is 0 Å². The first-order valence-corrected chi connectivity index (χ1v) is 8.98. The normalized spacial score (nSPS) is 13.2. The van der Waals surface area contributed by atoms with Gasteiger partial charge in [-0.2, -0.15) is 0 Å². The molecule has 3 nitrogen and oxygen atoms in total. The van der Waals surface area contributed by atoms with Crippen molar-refractivity contribution in [2.45, 2.75) is 45.0 Å². The standard InChI is InChI=1S/C11H26O3Si/c1-7-8-11(9-12-2,10-13-3)14-15(4,5)6/h7-10H2,1-6H3. The fraction of sp³-hybridized carbons (Fsp3) is 1.00. The van der Waals surface area contributed by atoms with E-state index in [1.165, 1.54) is 0 Å². The van der Waals surface area contributed by atoms with Crippen LogP contribution in [-0.4, -0.2) is 41.4 Å². The Labute approximate surface area is 95.2 Å². The highest BCUT2D eigenvalue weighted by atomic mass is 28.4. The van der Waals surface area contributed by atoms with Crippen LogP contribution in [0.4, 0.5) is 0 Å². The Morgan fingerprint density at radius 3 is 1.73 bits per heavy atom. The molecule has 0 aliphatic rings. The third-order valence-electron chi connectivity index (χ3n) is 2.04. The van der Waals surface area contributed by atoms with E-state index in [4.69, 9.17) is 13.9 Å². The molecule has 0 fully saturated rings. The summed E-state index contributed by atoms with van der Waals surface area (Å²) in [6.45, 7) is 9.97. The van der Waals surface area contributed by atoms with E-state index in [1.54, 1.807) is 14.2 Å². The largest absolute Gasteiger partial charge is 0.407 e. The maximum absolute atomic E-state index is 6.24. The fourth-order valence-electron chi connectivity index (χ4n) is 1.93. The summed E-state index contributed by atoms with van der Waals surface area (Å²) < 4.78 is 16.8. The first-order chi connectivity index (χ1) is 6.89. The van der Waals surface area contributed by atoms with Gasteiger partial charge < -0.3 is 13.9 Å². The molecule has 0 amide bonds. The lowest BCUT2D eigenvalue weighted by molar-refractivity contribution is -0.0693. The molecule has 0 N–H and O–H groups in total. The van der Waals surface area contributed by atoms with E-state index in [-0.39, 0.29) is 5.60 Å². The zero-order valence-corrected chi connectivity index (χ0v) is 12.1. The van der Waals surface area contributed by atoms with Gasteiger partial charge >= 0.3 is 0 Å². The van der Waals surface area contributed by atoms with Gasteiger partial charge in [-0.3, -0.25) is 0 Å². The molecule has 0 spiro atoms. The molecular weight excluding hydrogens is 208 g/mol. The van der Waals surface area contributed by atoms with Gasteiger partial charge in [0.2, 0.25) is 0 Å². The minimum absolute atomic E-state index is 0.247. The highest BCUT2D eigenvalue weighted by Crippen LogP contribution is 2.24. The molecule has 0 atom stereocenters. The summed E-state index contributed by atoms with van der Waals surface area (Å²) in [6.07, 6.45) is 2.07. The van der Waals surface area contributed by atoms with Crippen LogP contribution in [0.15, 0.2) is 0 Å². The average molecular weight is 234 g/mol. The fourth-order valence-corrected chi connectivity index (χ4v) is 3.45. The molecule has 0 aromatic carbocycles. The van der Waals surface area contributed by atoms with Crippen molar-refractivity contribution in [3.63, 3.8) is 0 Å². The number of rotatable bonds is 8. The van der Waals surface area contributed by atoms with Gasteiger partial charge in [0.25, 0.3) is 0 Å². The third-order valence-corrected chi connectivity index (χ3v) is 3.09. The Kier molecular flexibility index (Phi) is 6.67. The van der Waals surface area contributed by atoms with E-state index < -0.39 is 8.32 Å². The number of hydrogen-bond acceptors (Lipinski definition) is 3. The number of hydrogen-bond donors (Lipinski definition) is 0. The van der Waals surface area contributed by atoms with E-state index in [1.807, 2.05) is 0 Å². The second-order valence-corrected chi connectivity index (χ2v) is 9.44. The minimum Gasteiger partial charge on any atom is -0.407 e. The second kappa shape index (κ2) is 6.63. The van der Waals surface area contributed by atoms with Crippen molar-refractivity contribution in [1.29, 1.82) is 0 Å². The molecule has 0 saturated heterocycles. The first kappa shape index (κ1) is 15.1. The van der Waals surface area contributed by atoms with Gasteiger partial charge in [0, 0.05) is 14.2 Å². The van der Waals surface area contributed by atoms with Crippen molar-refractivity contribution < 1.29 is 13.9 Å². The lowest BCUT2D eigenvalue weighted by Crippen LogP contribution is -2.49. The van der Waals surface area contributed by atoms with Crippen molar-refractivity contribution in [3.8, 4) is 0 Å². The van der Waals surface area contributed by atoms with Crippen LogP contribution < -0.4 is 0 Å². The van der Waals surface area contributed by atoms with Gasteiger partial charge in [-0.05, 0) is 26.1 Å². The van der Waals surface area contributed by atoms with E-state index in [0.717, 1.165) is 12.8 Å². The van der Waals surface area contributed by atoms with Gasteiger partial charge in [0.1, 0.15) is 5.60 Å². The lowest BCUT2D eigenvalue weighted by atomic mass is 10.0. The Morgan fingerprint density at radius 1 is 1.00 bits per heavy atom. The summed E-state index contributed by atoms with van der Waals surface area (Å²) in [5.41, 5.74) is -0.247. The van der Waals surface area contributed by atoms with Crippen molar-refractivity contribution >= 4 is 8.32 Å². The molecule has 0 aromatic heterocycles. The summed E-state index contributed by atoms with van der Waals surface area (Å²) in [4.78, 5) is 0. The molecule has 92 valence electrons. The SMILES string of the molecule is CCCC(COC)(COC)O[Si](C)(C)C. The van der Waals surface area contributed by atoms with Gasteiger partial charge in [-0.25, -0.2) is 0 Å². The lowest BCUT2D eigenvalue weighted by Gasteiger charge is -2.38. The zero-order valence-electron chi connectivity index (χ0n) is 11.1. The first-order valence-electron chi connectivity index (χ1n) is 5.57. The van der Waals surface area contributed by atoms with Gasteiger partial charge in [-0.15, -0.1) is 0 Å². The Morgan fingerprint density at radius 2 is 1.47 bits per heavy atom. The quantitative estimate of drug-likeness (QED) is 0.604. The van der Waals surface area contributed by atoms with Crippen LogP contribution >= 0.6 is 0 Å². The number of methoxy groups -OCH3 is 2. The Bertz CT molecular complexity index is 149. The summed E-state index contributed by atoms with van der Waals surface area (Å²) in [5.74, 6) is 0. The average Bonchev–Trinajstić information content (AvgIpc) is 2.01. The van der Waals surface area contributed by atoms with E-state index in [0.29, 0.717) is 13.2 Å². The highest BCUT2D eigenvalue weighted by Gasteiger charge is 2.35. The summed E-state index contributed by atoms with van der Waals surface area (Å²) in [6, 6.07) is 0. The predicted molar refractivity (Wildman–Crippen MR) is 65.8 cm³/mol. The monoisotopic (exact) mass is 234 g/mol. The Balaban J connectivity index is 4.60. The highest BCUT2D eigenvalue weighted by molar-refractivity contribution is 6.69. The van der Waals surface area contributed by atoms with Gasteiger partial charge in [0.15, 0.2) is 8.32 Å². The van der Waals surface area contributed by atoms with E-state index in [2.05, 4.69) is 26.6 Å². The predicted octanol–water partition coefficient (Wildman–Crippen LogP) is 2.67. The minimum atomic E-state index is -1.56. The molecule has 0 aliphatic carbocycles. The van der Waals surface area contributed by atoms with Crippen molar-refractivity contribution in [2.24, 2.45) is 0 Å². The van der Waals surface area contributed by atoms with Crippen LogP contribution in [-0.2, 0) is 13.9 Å². The second-order valence-electron chi connectivity index (χ2n) is 5.01. The molecule has 0 unspecified atom stereocenters. The molecule has 0 saturated carbocycles. The topological polar surface area (TPSA) is 27.7 Å². The zero-order chi connectivity index (χ0) is 11.9. The summed E-state index contributed by atoms with van der Waals surface area (Å²) in [7, 11) is 1.87. The van der Waals surface area contributed by atoms with Crippen LogP contribution in [0.3, 0.4) is 0 Å². The number of ether oxygens (including phenoxy) is 2. The van der Waals surface area contributed by atoms with Gasteiger partial charge in [0.05, 0.1) is 13.2 Å².